The van der Waals surface area contributed by atoms with Crippen LogP contribution in [0, 0.1) is 13.8 Å². The first-order valence-corrected chi connectivity index (χ1v) is 10.4. The molecule has 3 rings (SSSR count). The van der Waals surface area contributed by atoms with E-state index in [0.29, 0.717) is 12.2 Å². The van der Waals surface area contributed by atoms with E-state index in [1.165, 1.54) is 35.9 Å². The van der Waals surface area contributed by atoms with Crippen molar-refractivity contribution in [2.24, 2.45) is 0 Å². The van der Waals surface area contributed by atoms with Gasteiger partial charge in [-0.3, -0.25) is 4.79 Å². The molecule has 0 spiro atoms. The molecule has 1 N–H and O–H groups in total. The number of para-hydroxylation sites is 2. The molecular formula is C23H22ClF2N3O4. The number of nitrogens with zero attached hydrogens (tertiary/aromatic N) is 2. The number of aromatic nitrogens is 2. The third-order valence-corrected chi connectivity index (χ3v) is 5.12. The molecule has 1 amide bonds. The van der Waals surface area contributed by atoms with Gasteiger partial charge in [0.15, 0.2) is 6.10 Å². The van der Waals surface area contributed by atoms with Crippen LogP contribution >= 0.6 is 11.6 Å². The Kier molecular flexibility index (Phi) is 7.65. The lowest BCUT2D eigenvalue weighted by molar-refractivity contribution is -0.123. The van der Waals surface area contributed by atoms with Crippen LogP contribution in [0.1, 0.15) is 34.1 Å². The number of anilines is 1. The minimum absolute atomic E-state index is 0.0193. The fraction of sp³-hybridized carbons (Fsp3) is 0.261. The molecule has 0 bridgehead atoms. The second-order valence-electron chi connectivity index (χ2n) is 7.31. The number of nitrogens with one attached hydrogen (secondary N) is 1. The highest BCUT2D eigenvalue weighted by Crippen LogP contribution is 2.26. The number of halogens is 3. The zero-order valence-corrected chi connectivity index (χ0v) is 18.9. The van der Waals surface area contributed by atoms with Gasteiger partial charge in [-0.1, -0.05) is 53.6 Å². The summed E-state index contributed by atoms with van der Waals surface area (Å²) in [6.07, 6.45) is -1.24. The predicted molar refractivity (Wildman–Crippen MR) is 119 cm³/mol. The monoisotopic (exact) mass is 477 g/mol. The van der Waals surface area contributed by atoms with Crippen LogP contribution in [0.2, 0.25) is 5.15 Å². The summed E-state index contributed by atoms with van der Waals surface area (Å²) in [6.45, 7) is 2.23. The third-order valence-electron chi connectivity index (χ3n) is 4.74. The number of hydrogen-bond acceptors (Lipinski definition) is 5. The number of carbonyl (C=O) groups is 2. The summed E-state index contributed by atoms with van der Waals surface area (Å²) in [7, 11) is 0. The van der Waals surface area contributed by atoms with Crippen LogP contribution in [-0.4, -0.2) is 34.4 Å². The van der Waals surface area contributed by atoms with Crippen LogP contribution in [0.4, 0.5) is 14.5 Å². The van der Waals surface area contributed by atoms with Crippen LogP contribution in [0.3, 0.4) is 0 Å². The number of aryl methyl sites for hydroxylation is 2. The zero-order chi connectivity index (χ0) is 24.1. The minimum atomic E-state index is -3.06. The molecule has 3 aromatic rings. The van der Waals surface area contributed by atoms with Crippen molar-refractivity contribution in [2.75, 3.05) is 5.32 Å². The SMILES string of the molecule is Cc1ccc(Cn2nc(C)c(C(=O)OC(C)C(=O)Nc3ccccc3OC(F)F)c2Cl)cc1. The number of amides is 1. The van der Waals surface area contributed by atoms with Crippen molar-refractivity contribution in [1.82, 2.24) is 9.78 Å². The van der Waals surface area contributed by atoms with Crippen LogP contribution in [0.25, 0.3) is 0 Å². The molecule has 33 heavy (non-hydrogen) atoms. The smallest absolute Gasteiger partial charge is 0.387 e. The van der Waals surface area contributed by atoms with Crippen molar-refractivity contribution in [1.29, 1.82) is 0 Å². The Morgan fingerprint density at radius 3 is 2.45 bits per heavy atom. The lowest BCUT2D eigenvalue weighted by Crippen LogP contribution is -2.30. The van der Waals surface area contributed by atoms with Crippen molar-refractivity contribution in [3.05, 3.63) is 76.1 Å². The van der Waals surface area contributed by atoms with Gasteiger partial charge in [-0.2, -0.15) is 13.9 Å². The van der Waals surface area contributed by atoms with Gasteiger partial charge in [-0.25, -0.2) is 9.48 Å². The Bertz CT molecular complexity index is 1150. The Balaban J connectivity index is 1.69. The summed E-state index contributed by atoms with van der Waals surface area (Å²) < 4.78 is 36.2. The Morgan fingerprint density at radius 2 is 1.79 bits per heavy atom. The third kappa shape index (κ3) is 6.07. The largest absolute Gasteiger partial charge is 0.449 e. The molecule has 0 radical (unpaired) electrons. The molecule has 1 unspecified atom stereocenters. The van der Waals surface area contributed by atoms with E-state index in [-0.39, 0.29) is 22.2 Å². The van der Waals surface area contributed by atoms with Gasteiger partial charge in [0, 0.05) is 0 Å². The van der Waals surface area contributed by atoms with E-state index in [4.69, 9.17) is 16.3 Å². The highest BCUT2D eigenvalue weighted by Gasteiger charge is 2.26. The molecule has 0 aliphatic heterocycles. The van der Waals surface area contributed by atoms with E-state index in [0.717, 1.165) is 11.1 Å². The molecule has 0 aliphatic rings. The average molecular weight is 478 g/mol. The predicted octanol–water partition coefficient (Wildman–Crippen LogP) is 4.99. The zero-order valence-electron chi connectivity index (χ0n) is 18.1. The van der Waals surface area contributed by atoms with Gasteiger partial charge in [-0.05, 0) is 38.5 Å². The second kappa shape index (κ2) is 10.4. The quantitative estimate of drug-likeness (QED) is 0.462. The van der Waals surface area contributed by atoms with Crippen molar-refractivity contribution in [3.8, 4) is 5.75 Å². The van der Waals surface area contributed by atoms with Crippen LogP contribution in [-0.2, 0) is 16.1 Å². The first-order chi connectivity index (χ1) is 15.7. The summed E-state index contributed by atoms with van der Waals surface area (Å²) in [4.78, 5) is 25.2. The maximum Gasteiger partial charge on any atom is 0.387 e. The van der Waals surface area contributed by atoms with E-state index >= 15 is 0 Å². The Morgan fingerprint density at radius 1 is 1.12 bits per heavy atom. The molecular weight excluding hydrogens is 456 g/mol. The molecule has 0 aliphatic carbocycles. The van der Waals surface area contributed by atoms with E-state index < -0.39 is 24.6 Å². The normalized spacial score (nSPS) is 11.8. The van der Waals surface area contributed by atoms with Crippen molar-refractivity contribution >= 4 is 29.2 Å². The fourth-order valence-electron chi connectivity index (χ4n) is 3.03. The molecule has 10 heteroatoms. The van der Waals surface area contributed by atoms with Gasteiger partial charge in [0.05, 0.1) is 17.9 Å². The van der Waals surface area contributed by atoms with Gasteiger partial charge >= 0.3 is 12.6 Å². The van der Waals surface area contributed by atoms with Gasteiger partial charge < -0.3 is 14.8 Å². The molecule has 174 valence electrons. The number of hydrogen-bond donors (Lipinski definition) is 1. The molecule has 1 aromatic heterocycles. The maximum atomic E-state index is 12.7. The summed E-state index contributed by atoms with van der Waals surface area (Å²) in [5.74, 6) is -1.77. The number of benzene rings is 2. The number of alkyl halides is 2. The van der Waals surface area contributed by atoms with E-state index in [9.17, 15) is 18.4 Å². The molecule has 0 fully saturated rings. The maximum absolute atomic E-state index is 12.7. The van der Waals surface area contributed by atoms with Crippen molar-refractivity contribution < 1.29 is 27.8 Å². The summed E-state index contributed by atoms with van der Waals surface area (Å²) in [5, 5.41) is 6.80. The summed E-state index contributed by atoms with van der Waals surface area (Å²) >= 11 is 6.38. The van der Waals surface area contributed by atoms with E-state index in [1.54, 1.807) is 6.92 Å². The lowest BCUT2D eigenvalue weighted by Gasteiger charge is -2.15. The number of rotatable bonds is 8. The molecule has 1 heterocycles. The minimum Gasteiger partial charge on any atom is -0.449 e. The van der Waals surface area contributed by atoms with Crippen LogP contribution < -0.4 is 10.1 Å². The van der Waals surface area contributed by atoms with Crippen LogP contribution in [0.15, 0.2) is 48.5 Å². The topological polar surface area (TPSA) is 82.5 Å². The fourth-order valence-corrected chi connectivity index (χ4v) is 3.34. The van der Waals surface area contributed by atoms with Crippen LogP contribution in [0.5, 0.6) is 5.75 Å². The van der Waals surface area contributed by atoms with Gasteiger partial charge in [-0.15, -0.1) is 0 Å². The Hall–Kier alpha value is -3.46. The molecule has 2 aromatic carbocycles. The molecule has 0 saturated heterocycles. The van der Waals surface area contributed by atoms with Gasteiger partial charge in [0.2, 0.25) is 0 Å². The molecule has 1 atom stereocenters. The van der Waals surface area contributed by atoms with E-state index in [1.807, 2.05) is 31.2 Å². The lowest BCUT2D eigenvalue weighted by atomic mass is 10.1. The number of esters is 1. The molecule has 0 saturated carbocycles. The molecule has 7 nitrogen and oxygen atoms in total. The van der Waals surface area contributed by atoms with Gasteiger partial charge in [0.25, 0.3) is 5.91 Å². The standard InChI is InChI=1S/C23H22ClF2N3O4/c1-13-8-10-16(11-9-13)12-29-20(24)19(14(2)28-29)22(31)32-15(3)21(30)27-17-6-4-5-7-18(17)33-23(25)26/h4-11,15,23H,12H2,1-3H3,(H,27,30). The highest BCUT2D eigenvalue weighted by molar-refractivity contribution is 6.32. The van der Waals surface area contributed by atoms with Crippen molar-refractivity contribution in [2.45, 2.75) is 40.0 Å². The first kappa shape index (κ1) is 24.2. The summed E-state index contributed by atoms with van der Waals surface area (Å²) in [6, 6.07) is 13.5. The number of carbonyl (C=O) groups excluding carboxylic acids is 2. The Labute approximate surface area is 194 Å². The van der Waals surface area contributed by atoms with E-state index in [2.05, 4.69) is 15.2 Å². The number of ether oxygens (including phenoxy) is 2. The summed E-state index contributed by atoms with van der Waals surface area (Å²) in [5.41, 5.74) is 2.47. The second-order valence-corrected chi connectivity index (χ2v) is 7.66. The first-order valence-electron chi connectivity index (χ1n) is 10.00. The van der Waals surface area contributed by atoms with Gasteiger partial charge in [0.1, 0.15) is 16.5 Å². The highest BCUT2D eigenvalue weighted by atomic mass is 35.5. The average Bonchev–Trinajstić information content (AvgIpc) is 3.03. The van der Waals surface area contributed by atoms with Crippen molar-refractivity contribution in [3.63, 3.8) is 0 Å².